The number of hydrogen-bond donors (Lipinski definition) is 0. The van der Waals surface area contributed by atoms with Gasteiger partial charge in [-0.15, -0.1) is 0 Å². The van der Waals surface area contributed by atoms with Gasteiger partial charge in [0, 0.05) is 42.9 Å². The predicted molar refractivity (Wildman–Crippen MR) is 254 cm³/mol. The van der Waals surface area contributed by atoms with E-state index in [1.165, 1.54) is 116 Å². The number of benzene rings is 3. The van der Waals surface area contributed by atoms with Crippen LogP contribution in [0.3, 0.4) is 0 Å². The molecule has 0 radical (unpaired) electrons. The van der Waals surface area contributed by atoms with Crippen LogP contribution in [0.15, 0.2) is 72.8 Å². The lowest BCUT2D eigenvalue weighted by Crippen LogP contribution is -2.21. The molecule has 0 aromatic heterocycles. The quantitative estimate of drug-likeness (QED) is 0.0312. The van der Waals surface area contributed by atoms with E-state index in [-0.39, 0.29) is 6.29 Å². The van der Waals surface area contributed by atoms with Crippen LogP contribution in [0.25, 0.3) is 0 Å². The van der Waals surface area contributed by atoms with E-state index in [0.717, 1.165) is 107 Å². The maximum atomic E-state index is 10.8. The Morgan fingerprint density at radius 2 is 0.556 bits per heavy atom. The summed E-state index contributed by atoms with van der Waals surface area (Å²) in [6.07, 6.45) is 31.6. The van der Waals surface area contributed by atoms with Crippen molar-refractivity contribution < 1.29 is 42.8 Å². The summed E-state index contributed by atoms with van der Waals surface area (Å²) in [6.45, 7) is 5.09. The van der Waals surface area contributed by atoms with Crippen LogP contribution in [0.2, 0.25) is 0 Å². The van der Waals surface area contributed by atoms with Crippen molar-refractivity contribution in [2.45, 2.75) is 167 Å². The average molecular weight is 873 g/mol. The summed E-state index contributed by atoms with van der Waals surface area (Å²) in [5.41, 5.74) is 2.02. The minimum Gasteiger partial charge on any atom is -0.494 e. The van der Waals surface area contributed by atoms with Crippen LogP contribution in [0.5, 0.6) is 17.2 Å². The van der Waals surface area contributed by atoms with E-state index in [9.17, 15) is 14.4 Å². The SMILES string of the molecule is O=Cc1ccc(OCCCCCCCCCCOCCC(OCCCCCCCCCCOc2ccc(C=O)cc2)OCCCCCCCCCCOc2ccc(C=O)cc2)cc1. The molecule has 3 aromatic rings. The molecule has 9 heteroatoms. The minimum absolute atomic E-state index is 0.200. The monoisotopic (exact) mass is 873 g/mol. The third-order valence-electron chi connectivity index (χ3n) is 11.2. The van der Waals surface area contributed by atoms with E-state index in [1.54, 1.807) is 36.4 Å². The first-order valence-electron chi connectivity index (χ1n) is 24.5. The smallest absolute Gasteiger partial charge is 0.159 e. The zero-order valence-corrected chi connectivity index (χ0v) is 38.5. The van der Waals surface area contributed by atoms with E-state index >= 15 is 0 Å². The molecule has 63 heavy (non-hydrogen) atoms. The average Bonchev–Trinajstić information content (AvgIpc) is 3.32. The first kappa shape index (κ1) is 53.3. The highest BCUT2D eigenvalue weighted by molar-refractivity contribution is 5.75. The second kappa shape index (κ2) is 38.4. The van der Waals surface area contributed by atoms with Gasteiger partial charge in [-0.05, 0) is 111 Å². The number of carbonyl (C=O) groups is 3. The summed E-state index contributed by atoms with van der Waals surface area (Å²) in [5, 5.41) is 0. The number of rotatable bonds is 44. The van der Waals surface area contributed by atoms with Gasteiger partial charge in [0.15, 0.2) is 6.29 Å². The highest BCUT2D eigenvalue weighted by Crippen LogP contribution is 2.17. The first-order chi connectivity index (χ1) is 31.2. The van der Waals surface area contributed by atoms with Gasteiger partial charge >= 0.3 is 0 Å². The van der Waals surface area contributed by atoms with Crippen molar-refractivity contribution in [2.75, 3.05) is 46.2 Å². The molecule has 0 N–H and O–H groups in total. The maximum Gasteiger partial charge on any atom is 0.159 e. The number of aldehydes is 3. The molecule has 0 saturated heterocycles. The van der Waals surface area contributed by atoms with Gasteiger partial charge in [-0.25, -0.2) is 0 Å². The molecule has 0 bridgehead atoms. The molecule has 9 nitrogen and oxygen atoms in total. The van der Waals surface area contributed by atoms with Crippen molar-refractivity contribution in [2.24, 2.45) is 0 Å². The van der Waals surface area contributed by atoms with Crippen LogP contribution in [0.4, 0.5) is 0 Å². The molecule has 0 saturated carbocycles. The van der Waals surface area contributed by atoms with Gasteiger partial charge in [-0.2, -0.15) is 0 Å². The highest BCUT2D eigenvalue weighted by Gasteiger charge is 2.10. The Hall–Kier alpha value is -4.05. The van der Waals surface area contributed by atoms with E-state index in [0.29, 0.717) is 36.5 Å². The molecule has 0 heterocycles. The van der Waals surface area contributed by atoms with E-state index in [4.69, 9.17) is 28.4 Å². The Kier molecular flexibility index (Phi) is 32.5. The Morgan fingerprint density at radius 1 is 0.302 bits per heavy atom. The van der Waals surface area contributed by atoms with Gasteiger partial charge in [0.05, 0.1) is 26.4 Å². The van der Waals surface area contributed by atoms with Gasteiger partial charge in [-0.3, -0.25) is 14.4 Å². The molecule has 0 amide bonds. The molecule has 0 aliphatic heterocycles. The Morgan fingerprint density at radius 3 is 0.841 bits per heavy atom. The van der Waals surface area contributed by atoms with Crippen molar-refractivity contribution in [1.29, 1.82) is 0 Å². The molecule has 0 aliphatic rings. The van der Waals surface area contributed by atoms with Gasteiger partial charge in [0.1, 0.15) is 36.1 Å². The Labute approximate surface area is 380 Å². The molecular formula is C54H80O9. The largest absolute Gasteiger partial charge is 0.494 e. The number of ether oxygens (including phenoxy) is 6. The first-order valence-corrected chi connectivity index (χ1v) is 24.5. The van der Waals surface area contributed by atoms with Crippen LogP contribution in [0, 0.1) is 0 Å². The highest BCUT2D eigenvalue weighted by atomic mass is 16.7. The van der Waals surface area contributed by atoms with E-state index in [1.807, 2.05) is 36.4 Å². The topological polar surface area (TPSA) is 107 Å². The Balaban J connectivity index is 1.16. The standard InChI is InChI=1S/C54H80O9/c55-45-48-25-31-51(32-26-48)59-39-20-14-8-2-1-7-13-19-38-58-44-37-54(62-42-23-17-11-5-3-9-15-21-40-60-52-33-27-49(46-56)28-34-52)63-43-24-18-12-6-4-10-16-22-41-61-53-35-29-50(47-57)30-36-53/h25-36,45-47,54H,1-24,37-44H2. The van der Waals surface area contributed by atoms with Crippen molar-refractivity contribution in [1.82, 2.24) is 0 Å². The van der Waals surface area contributed by atoms with Crippen LogP contribution >= 0.6 is 0 Å². The second-order valence-corrected chi connectivity index (χ2v) is 16.7. The molecule has 3 aromatic carbocycles. The second-order valence-electron chi connectivity index (χ2n) is 16.7. The third kappa shape index (κ3) is 29.1. The third-order valence-corrected chi connectivity index (χ3v) is 11.2. The van der Waals surface area contributed by atoms with Gasteiger partial charge in [0.2, 0.25) is 0 Å². The molecule has 0 atom stereocenters. The molecular weight excluding hydrogens is 793 g/mol. The van der Waals surface area contributed by atoms with Crippen LogP contribution in [-0.4, -0.2) is 71.4 Å². The summed E-state index contributed by atoms with van der Waals surface area (Å²) in [4.78, 5) is 32.4. The van der Waals surface area contributed by atoms with Crippen LogP contribution < -0.4 is 14.2 Å². The van der Waals surface area contributed by atoms with Gasteiger partial charge < -0.3 is 28.4 Å². The molecule has 3 rings (SSSR count). The van der Waals surface area contributed by atoms with Gasteiger partial charge in [-0.1, -0.05) is 116 Å². The number of unbranched alkanes of at least 4 members (excludes halogenated alkanes) is 21. The van der Waals surface area contributed by atoms with E-state index in [2.05, 4.69) is 0 Å². The summed E-state index contributed by atoms with van der Waals surface area (Å²) < 4.78 is 35.9. The normalized spacial score (nSPS) is 11.2. The molecule has 350 valence electrons. The van der Waals surface area contributed by atoms with Crippen molar-refractivity contribution in [3.8, 4) is 17.2 Å². The lowest BCUT2D eigenvalue weighted by molar-refractivity contribution is -0.154. The number of hydrogen-bond acceptors (Lipinski definition) is 9. The fourth-order valence-corrected chi connectivity index (χ4v) is 7.32. The minimum atomic E-state index is -0.200. The zero-order chi connectivity index (χ0) is 44.5. The van der Waals surface area contributed by atoms with E-state index < -0.39 is 0 Å². The predicted octanol–water partition coefficient (Wildman–Crippen LogP) is 13.8. The van der Waals surface area contributed by atoms with Crippen LogP contribution in [0.1, 0.15) is 192 Å². The molecule has 0 spiro atoms. The summed E-state index contributed by atoms with van der Waals surface area (Å²) >= 11 is 0. The van der Waals surface area contributed by atoms with Gasteiger partial charge in [0.25, 0.3) is 0 Å². The lowest BCUT2D eigenvalue weighted by atomic mass is 10.1. The lowest BCUT2D eigenvalue weighted by Gasteiger charge is -2.19. The van der Waals surface area contributed by atoms with Crippen molar-refractivity contribution in [3.63, 3.8) is 0 Å². The fraction of sp³-hybridized carbons (Fsp3) is 0.611. The summed E-state index contributed by atoms with van der Waals surface area (Å²) in [6, 6.07) is 21.9. The van der Waals surface area contributed by atoms with Crippen molar-refractivity contribution >= 4 is 18.9 Å². The molecule has 0 unspecified atom stereocenters. The molecule has 0 fully saturated rings. The maximum absolute atomic E-state index is 10.8. The number of carbonyl (C=O) groups excluding carboxylic acids is 3. The fourth-order valence-electron chi connectivity index (χ4n) is 7.32. The molecule has 0 aliphatic carbocycles. The summed E-state index contributed by atoms with van der Waals surface area (Å²) in [7, 11) is 0. The zero-order valence-electron chi connectivity index (χ0n) is 38.5. The van der Waals surface area contributed by atoms with Crippen molar-refractivity contribution in [3.05, 3.63) is 89.5 Å². The Bertz CT molecular complexity index is 1430. The summed E-state index contributed by atoms with van der Waals surface area (Å²) in [5.74, 6) is 2.48. The van der Waals surface area contributed by atoms with Crippen LogP contribution in [-0.2, 0) is 14.2 Å².